The van der Waals surface area contributed by atoms with E-state index in [2.05, 4.69) is 24.4 Å². The van der Waals surface area contributed by atoms with Crippen LogP contribution in [-0.2, 0) is 22.6 Å². The third kappa shape index (κ3) is 4.25. The molecule has 1 aromatic rings. The van der Waals surface area contributed by atoms with Gasteiger partial charge in [-0.15, -0.1) is 0 Å². The lowest BCUT2D eigenvalue weighted by atomic mass is 9.87. The number of benzene rings is 1. The van der Waals surface area contributed by atoms with Gasteiger partial charge >= 0.3 is 0 Å². The minimum absolute atomic E-state index is 0.00600. The molecule has 1 fully saturated rings. The number of hydrogen-bond donors (Lipinski definition) is 1. The van der Waals surface area contributed by atoms with Crippen LogP contribution >= 0.6 is 0 Å². The van der Waals surface area contributed by atoms with E-state index in [1.165, 1.54) is 16.7 Å². The first-order valence-corrected chi connectivity index (χ1v) is 8.93. The molecule has 1 saturated carbocycles. The second kappa shape index (κ2) is 7.65. The molecule has 2 aliphatic rings. The Labute approximate surface area is 143 Å². The van der Waals surface area contributed by atoms with Crippen molar-refractivity contribution in [2.45, 2.75) is 45.6 Å². The molecule has 0 radical (unpaired) electrons. The molecule has 1 aromatic carbocycles. The number of amides is 2. The van der Waals surface area contributed by atoms with E-state index in [1.54, 1.807) is 6.08 Å². The Hall–Kier alpha value is -2.10. The van der Waals surface area contributed by atoms with Crippen LogP contribution in [0, 0.1) is 5.92 Å². The lowest BCUT2D eigenvalue weighted by Gasteiger charge is -2.29. The lowest BCUT2D eigenvalue weighted by Crippen LogP contribution is -2.42. The summed E-state index contributed by atoms with van der Waals surface area (Å²) in [6.45, 7) is 3.71. The van der Waals surface area contributed by atoms with E-state index in [4.69, 9.17) is 0 Å². The molecule has 1 heterocycles. The molecule has 4 heteroatoms. The zero-order valence-electron chi connectivity index (χ0n) is 14.4. The molecule has 0 aromatic heterocycles. The molecule has 0 saturated heterocycles. The first kappa shape index (κ1) is 16.7. The van der Waals surface area contributed by atoms with Crippen molar-refractivity contribution in [3.05, 3.63) is 47.0 Å². The number of rotatable bonds is 3. The number of fused-ring (bicyclic) bond motifs is 1. The molecule has 0 unspecified atom stereocenters. The van der Waals surface area contributed by atoms with Gasteiger partial charge in [0.2, 0.25) is 11.8 Å². The summed E-state index contributed by atoms with van der Waals surface area (Å²) in [4.78, 5) is 26.2. The number of nitrogens with one attached hydrogen (secondary N) is 1. The largest absolute Gasteiger partial charge is 0.343 e. The predicted molar refractivity (Wildman–Crippen MR) is 94.3 cm³/mol. The fraction of sp³-hybridized carbons (Fsp3) is 0.500. The maximum Gasteiger partial charge on any atom is 0.244 e. The van der Waals surface area contributed by atoms with Gasteiger partial charge in [0.1, 0.15) is 0 Å². The summed E-state index contributed by atoms with van der Waals surface area (Å²) >= 11 is 0. The fourth-order valence-corrected chi connectivity index (χ4v) is 3.50. The van der Waals surface area contributed by atoms with Gasteiger partial charge < -0.3 is 10.2 Å². The number of hydrogen-bond acceptors (Lipinski definition) is 2. The smallest absolute Gasteiger partial charge is 0.244 e. The van der Waals surface area contributed by atoms with E-state index in [-0.39, 0.29) is 18.4 Å². The van der Waals surface area contributed by atoms with Crippen LogP contribution in [-0.4, -0.2) is 29.8 Å². The van der Waals surface area contributed by atoms with Gasteiger partial charge in [-0.05, 0) is 49.1 Å². The Bertz CT molecular complexity index is 641. The molecule has 2 amide bonds. The first-order valence-electron chi connectivity index (χ1n) is 8.93. The summed E-state index contributed by atoms with van der Waals surface area (Å²) < 4.78 is 0. The molecule has 4 nitrogen and oxygen atoms in total. The van der Waals surface area contributed by atoms with Crippen LogP contribution in [0.3, 0.4) is 0 Å². The van der Waals surface area contributed by atoms with Crippen LogP contribution < -0.4 is 5.32 Å². The van der Waals surface area contributed by atoms with E-state index in [9.17, 15) is 9.59 Å². The summed E-state index contributed by atoms with van der Waals surface area (Å²) in [6.07, 6.45) is 6.91. The maximum absolute atomic E-state index is 12.3. The molecular formula is C20H26N2O2. The minimum Gasteiger partial charge on any atom is -0.343 e. The normalized spacial score (nSPS) is 20.3. The average Bonchev–Trinajstić information content (AvgIpc) is 2.61. The summed E-state index contributed by atoms with van der Waals surface area (Å²) in [7, 11) is 0. The topological polar surface area (TPSA) is 49.4 Å². The van der Waals surface area contributed by atoms with Crippen molar-refractivity contribution in [1.29, 1.82) is 0 Å². The third-order valence-corrected chi connectivity index (χ3v) is 5.15. The second-order valence-corrected chi connectivity index (χ2v) is 7.04. The van der Waals surface area contributed by atoms with Crippen LogP contribution in [0.1, 0.15) is 43.7 Å². The molecule has 1 N–H and O–H groups in total. The Kier molecular flexibility index (Phi) is 5.34. The molecule has 0 spiro atoms. The van der Waals surface area contributed by atoms with Gasteiger partial charge in [0.15, 0.2) is 0 Å². The second-order valence-electron chi connectivity index (χ2n) is 7.04. The molecular weight excluding hydrogens is 300 g/mol. The van der Waals surface area contributed by atoms with Crippen molar-refractivity contribution in [3.8, 4) is 0 Å². The van der Waals surface area contributed by atoms with Gasteiger partial charge in [0, 0.05) is 19.2 Å². The molecule has 0 bridgehead atoms. The highest BCUT2D eigenvalue weighted by Gasteiger charge is 2.20. The monoisotopic (exact) mass is 326 g/mol. The van der Waals surface area contributed by atoms with Gasteiger partial charge in [-0.3, -0.25) is 9.59 Å². The number of allylic oxidation sites excluding steroid dienone is 1. The zero-order valence-corrected chi connectivity index (χ0v) is 14.4. The Morgan fingerprint density at radius 1 is 1.17 bits per heavy atom. The summed E-state index contributed by atoms with van der Waals surface area (Å²) in [5.41, 5.74) is 3.74. The number of nitrogens with zero attached hydrogens (tertiary/aromatic N) is 1. The highest BCUT2D eigenvalue weighted by molar-refractivity contribution is 5.91. The number of carbonyl (C=O) groups is 2. The van der Waals surface area contributed by atoms with Crippen molar-refractivity contribution in [2.24, 2.45) is 5.92 Å². The van der Waals surface area contributed by atoms with Gasteiger partial charge in [-0.1, -0.05) is 36.8 Å². The Morgan fingerprint density at radius 3 is 2.62 bits per heavy atom. The highest BCUT2D eigenvalue weighted by Crippen LogP contribution is 2.27. The quantitative estimate of drug-likeness (QED) is 0.868. The van der Waals surface area contributed by atoms with E-state index >= 15 is 0 Å². The summed E-state index contributed by atoms with van der Waals surface area (Å²) in [5, 5.41) is 2.76. The van der Waals surface area contributed by atoms with Gasteiger partial charge in [-0.25, -0.2) is 0 Å². The lowest BCUT2D eigenvalue weighted by molar-refractivity contribution is -0.132. The van der Waals surface area contributed by atoms with E-state index in [0.717, 1.165) is 44.6 Å². The van der Waals surface area contributed by atoms with E-state index in [0.29, 0.717) is 6.54 Å². The average molecular weight is 326 g/mol. The molecule has 1 aliphatic heterocycles. The SMILES string of the molecule is CC1CCC(=CC(=O)NCC(=O)N2CCc3ccccc3C2)CC1. The number of carbonyl (C=O) groups excluding carboxylic acids is 2. The first-order chi connectivity index (χ1) is 11.6. The molecule has 24 heavy (non-hydrogen) atoms. The molecule has 1 aliphatic carbocycles. The van der Waals surface area contributed by atoms with E-state index in [1.807, 2.05) is 17.0 Å². The maximum atomic E-state index is 12.3. The van der Waals surface area contributed by atoms with Crippen molar-refractivity contribution in [2.75, 3.05) is 13.1 Å². The minimum atomic E-state index is -0.134. The Morgan fingerprint density at radius 2 is 1.88 bits per heavy atom. The van der Waals surface area contributed by atoms with Gasteiger partial charge in [-0.2, -0.15) is 0 Å². The summed E-state index contributed by atoms with van der Waals surface area (Å²) in [5.74, 6) is 0.618. The van der Waals surface area contributed by atoms with Crippen molar-refractivity contribution in [1.82, 2.24) is 10.2 Å². The standard InChI is InChI=1S/C20H26N2O2/c1-15-6-8-16(9-7-15)12-19(23)21-13-20(24)22-11-10-17-4-2-3-5-18(17)14-22/h2-5,12,15H,6-11,13-14H2,1H3,(H,21,23). The van der Waals surface area contributed by atoms with E-state index < -0.39 is 0 Å². The predicted octanol–water partition coefficient (Wildman–Crippen LogP) is 2.82. The molecule has 128 valence electrons. The fourth-order valence-electron chi connectivity index (χ4n) is 3.50. The Balaban J connectivity index is 1.47. The highest BCUT2D eigenvalue weighted by atomic mass is 16.2. The van der Waals surface area contributed by atoms with Crippen LogP contribution in [0.15, 0.2) is 35.9 Å². The van der Waals surface area contributed by atoms with Crippen molar-refractivity contribution >= 4 is 11.8 Å². The van der Waals surface area contributed by atoms with Crippen LogP contribution in [0.5, 0.6) is 0 Å². The van der Waals surface area contributed by atoms with Crippen molar-refractivity contribution in [3.63, 3.8) is 0 Å². The van der Waals surface area contributed by atoms with Crippen LogP contribution in [0.2, 0.25) is 0 Å². The summed E-state index contributed by atoms with van der Waals surface area (Å²) in [6, 6.07) is 8.24. The third-order valence-electron chi connectivity index (χ3n) is 5.15. The van der Waals surface area contributed by atoms with Crippen LogP contribution in [0.4, 0.5) is 0 Å². The zero-order chi connectivity index (χ0) is 16.9. The van der Waals surface area contributed by atoms with Crippen LogP contribution in [0.25, 0.3) is 0 Å². The van der Waals surface area contributed by atoms with Gasteiger partial charge in [0.05, 0.1) is 6.54 Å². The van der Waals surface area contributed by atoms with Crippen molar-refractivity contribution < 1.29 is 9.59 Å². The molecule has 3 rings (SSSR count). The molecule has 0 atom stereocenters. The van der Waals surface area contributed by atoms with Gasteiger partial charge in [0.25, 0.3) is 0 Å².